The molecular formula is C16H15ClN2O4S. The number of anilines is 1. The zero-order chi connectivity index (χ0) is 17.3. The standard InChI is InChI=1S/C16H15ClN2O4S/c1-23-14-8-10(17)7-12-13(9-15(20)18-21)19(24(22)16(12)14)11-5-3-2-4-6-11/h2-8,13,21H,9H2,1H3,(H,18,20). The maximum absolute atomic E-state index is 13.1. The van der Waals surface area contributed by atoms with Crippen molar-refractivity contribution in [1.82, 2.24) is 5.48 Å². The van der Waals surface area contributed by atoms with E-state index in [-0.39, 0.29) is 6.42 Å². The number of hydroxylamine groups is 1. The minimum Gasteiger partial charge on any atom is -0.495 e. The summed E-state index contributed by atoms with van der Waals surface area (Å²) in [5, 5.41) is 9.30. The average molecular weight is 367 g/mol. The molecule has 8 heteroatoms. The molecule has 1 amide bonds. The predicted octanol–water partition coefficient (Wildman–Crippen LogP) is 2.83. The van der Waals surface area contributed by atoms with E-state index >= 15 is 0 Å². The fourth-order valence-corrected chi connectivity index (χ4v) is 4.64. The van der Waals surface area contributed by atoms with Gasteiger partial charge in [0.1, 0.15) is 10.6 Å². The van der Waals surface area contributed by atoms with Crippen LogP contribution in [0.4, 0.5) is 5.69 Å². The maximum Gasteiger partial charge on any atom is 0.245 e. The van der Waals surface area contributed by atoms with E-state index in [1.807, 2.05) is 30.3 Å². The summed E-state index contributed by atoms with van der Waals surface area (Å²) >= 11 is 6.14. The molecule has 2 unspecified atom stereocenters. The van der Waals surface area contributed by atoms with E-state index in [9.17, 15) is 9.00 Å². The smallest absolute Gasteiger partial charge is 0.245 e. The minimum atomic E-state index is -1.57. The number of halogens is 1. The Labute approximate surface area is 146 Å². The van der Waals surface area contributed by atoms with Crippen LogP contribution in [0.1, 0.15) is 18.0 Å². The van der Waals surface area contributed by atoms with Crippen LogP contribution >= 0.6 is 11.6 Å². The van der Waals surface area contributed by atoms with Gasteiger partial charge in [-0.05, 0) is 23.8 Å². The van der Waals surface area contributed by atoms with E-state index in [0.717, 1.165) is 0 Å². The number of carbonyl (C=O) groups excluding carboxylic acids is 1. The van der Waals surface area contributed by atoms with Crippen molar-refractivity contribution in [2.45, 2.75) is 17.4 Å². The van der Waals surface area contributed by atoms with Crippen molar-refractivity contribution in [3.8, 4) is 5.75 Å². The Morgan fingerprint density at radius 1 is 1.38 bits per heavy atom. The highest BCUT2D eigenvalue weighted by Gasteiger charge is 2.40. The van der Waals surface area contributed by atoms with Crippen molar-refractivity contribution in [2.24, 2.45) is 0 Å². The lowest BCUT2D eigenvalue weighted by Gasteiger charge is -2.24. The number of fused-ring (bicyclic) bond motifs is 1. The first-order chi connectivity index (χ1) is 11.6. The Bertz CT molecular complexity index is 800. The molecule has 2 atom stereocenters. The second kappa shape index (κ2) is 6.80. The van der Waals surface area contributed by atoms with Gasteiger partial charge in [-0.3, -0.25) is 14.3 Å². The number of nitrogens with zero attached hydrogens (tertiary/aromatic N) is 1. The highest BCUT2D eigenvalue weighted by Crippen LogP contribution is 2.47. The first kappa shape index (κ1) is 16.8. The SMILES string of the molecule is COc1cc(Cl)cc2c1S(=O)N(c1ccccc1)C2CC(=O)NO. The number of amides is 1. The Kier molecular flexibility index (Phi) is 4.75. The number of rotatable bonds is 4. The molecule has 0 aliphatic carbocycles. The van der Waals surface area contributed by atoms with E-state index in [1.54, 1.807) is 21.9 Å². The number of methoxy groups -OCH3 is 1. The average Bonchev–Trinajstić information content (AvgIpc) is 2.86. The lowest BCUT2D eigenvalue weighted by atomic mass is 10.0. The lowest BCUT2D eigenvalue weighted by Crippen LogP contribution is -2.29. The van der Waals surface area contributed by atoms with Crippen molar-refractivity contribution < 1.29 is 18.9 Å². The van der Waals surface area contributed by atoms with Crippen LogP contribution in [0.25, 0.3) is 0 Å². The second-order valence-electron chi connectivity index (χ2n) is 5.19. The molecule has 0 bridgehead atoms. The molecule has 126 valence electrons. The number of carbonyl (C=O) groups is 1. The Morgan fingerprint density at radius 3 is 2.71 bits per heavy atom. The molecule has 24 heavy (non-hydrogen) atoms. The Hall–Kier alpha value is -2.09. The number of ether oxygens (including phenoxy) is 1. The number of benzene rings is 2. The monoisotopic (exact) mass is 366 g/mol. The number of hydrogen-bond acceptors (Lipinski definition) is 4. The molecule has 0 spiro atoms. The van der Waals surface area contributed by atoms with Crippen molar-refractivity contribution in [3.05, 3.63) is 53.1 Å². The van der Waals surface area contributed by atoms with E-state index in [0.29, 0.717) is 26.9 Å². The molecule has 6 nitrogen and oxygen atoms in total. The number of nitrogens with one attached hydrogen (secondary N) is 1. The van der Waals surface area contributed by atoms with Gasteiger partial charge in [-0.25, -0.2) is 9.69 Å². The Balaban J connectivity index is 2.16. The molecule has 0 radical (unpaired) electrons. The summed E-state index contributed by atoms with van der Waals surface area (Å²) in [5.41, 5.74) is 2.96. The van der Waals surface area contributed by atoms with Gasteiger partial charge in [-0.1, -0.05) is 29.8 Å². The first-order valence-corrected chi connectivity index (χ1v) is 8.61. The molecule has 1 aliphatic rings. The number of hydrogen-bond donors (Lipinski definition) is 2. The van der Waals surface area contributed by atoms with Gasteiger partial charge in [-0.2, -0.15) is 0 Å². The summed E-state index contributed by atoms with van der Waals surface area (Å²) in [7, 11) is -0.0907. The summed E-state index contributed by atoms with van der Waals surface area (Å²) in [4.78, 5) is 12.2. The quantitative estimate of drug-likeness (QED) is 0.644. The molecule has 1 heterocycles. The van der Waals surface area contributed by atoms with E-state index in [2.05, 4.69) is 0 Å². The van der Waals surface area contributed by atoms with Crippen molar-refractivity contribution in [2.75, 3.05) is 11.4 Å². The molecular weight excluding hydrogens is 352 g/mol. The lowest BCUT2D eigenvalue weighted by molar-refractivity contribution is -0.129. The normalized spacial score (nSPS) is 19.0. The first-order valence-electron chi connectivity index (χ1n) is 7.13. The molecule has 0 fully saturated rings. The van der Waals surface area contributed by atoms with E-state index < -0.39 is 22.9 Å². The van der Waals surface area contributed by atoms with Crippen LogP contribution in [0.15, 0.2) is 47.4 Å². The van der Waals surface area contributed by atoms with Gasteiger partial charge < -0.3 is 4.74 Å². The summed E-state index contributed by atoms with van der Waals surface area (Å²) in [6.07, 6.45) is -0.0758. The highest BCUT2D eigenvalue weighted by molar-refractivity contribution is 7.87. The van der Waals surface area contributed by atoms with Gasteiger partial charge in [-0.15, -0.1) is 0 Å². The third-order valence-corrected chi connectivity index (χ3v) is 5.60. The van der Waals surface area contributed by atoms with Crippen LogP contribution in [0, 0.1) is 0 Å². The molecule has 0 saturated carbocycles. The summed E-state index contributed by atoms with van der Waals surface area (Å²) in [6.45, 7) is 0. The predicted molar refractivity (Wildman–Crippen MR) is 90.6 cm³/mol. The third-order valence-electron chi connectivity index (χ3n) is 3.78. The van der Waals surface area contributed by atoms with Gasteiger partial charge in [0.25, 0.3) is 0 Å². The topological polar surface area (TPSA) is 78.9 Å². The summed E-state index contributed by atoms with van der Waals surface area (Å²) < 4.78 is 20.0. The highest BCUT2D eigenvalue weighted by atomic mass is 35.5. The molecule has 2 N–H and O–H groups in total. The molecule has 1 aliphatic heterocycles. The Morgan fingerprint density at radius 2 is 2.08 bits per heavy atom. The van der Waals surface area contributed by atoms with Crippen LogP contribution in [0.5, 0.6) is 5.75 Å². The fraction of sp³-hybridized carbons (Fsp3) is 0.188. The largest absolute Gasteiger partial charge is 0.495 e. The van der Waals surface area contributed by atoms with Gasteiger partial charge in [0.2, 0.25) is 5.91 Å². The van der Waals surface area contributed by atoms with Gasteiger partial charge >= 0.3 is 0 Å². The van der Waals surface area contributed by atoms with Crippen LogP contribution in [-0.4, -0.2) is 22.4 Å². The fourth-order valence-electron chi connectivity index (χ4n) is 2.78. The maximum atomic E-state index is 13.1. The molecule has 0 aromatic heterocycles. The number of para-hydroxylation sites is 1. The molecule has 2 aromatic carbocycles. The van der Waals surface area contributed by atoms with Crippen LogP contribution in [-0.2, 0) is 15.8 Å². The van der Waals surface area contributed by atoms with Crippen LogP contribution < -0.4 is 14.5 Å². The molecule has 3 rings (SSSR count). The zero-order valence-electron chi connectivity index (χ0n) is 12.7. The molecule has 2 aromatic rings. The zero-order valence-corrected chi connectivity index (χ0v) is 14.3. The van der Waals surface area contributed by atoms with Gasteiger partial charge in [0.05, 0.1) is 25.3 Å². The van der Waals surface area contributed by atoms with Crippen LogP contribution in [0.2, 0.25) is 5.02 Å². The van der Waals surface area contributed by atoms with Gasteiger partial charge in [0.15, 0.2) is 11.0 Å². The molecule has 0 saturated heterocycles. The second-order valence-corrected chi connectivity index (χ2v) is 6.93. The van der Waals surface area contributed by atoms with E-state index in [4.69, 9.17) is 21.5 Å². The summed E-state index contributed by atoms with van der Waals surface area (Å²) in [5.74, 6) is -0.173. The van der Waals surface area contributed by atoms with Crippen molar-refractivity contribution in [1.29, 1.82) is 0 Å². The van der Waals surface area contributed by atoms with Gasteiger partial charge in [0, 0.05) is 11.1 Å². The van der Waals surface area contributed by atoms with Crippen molar-refractivity contribution in [3.63, 3.8) is 0 Å². The van der Waals surface area contributed by atoms with Crippen LogP contribution in [0.3, 0.4) is 0 Å². The minimum absolute atomic E-state index is 0.0758. The summed E-state index contributed by atoms with van der Waals surface area (Å²) in [6, 6.07) is 11.8. The van der Waals surface area contributed by atoms with Crippen molar-refractivity contribution >= 4 is 34.2 Å². The third kappa shape index (κ3) is 2.86. The van der Waals surface area contributed by atoms with E-state index in [1.165, 1.54) is 7.11 Å².